The van der Waals surface area contributed by atoms with E-state index in [2.05, 4.69) is 5.32 Å². The summed E-state index contributed by atoms with van der Waals surface area (Å²) in [6.07, 6.45) is -4.50. The van der Waals surface area contributed by atoms with Gasteiger partial charge in [-0.25, -0.2) is 0 Å². The molecule has 1 aliphatic carbocycles. The Kier molecular flexibility index (Phi) is 4.41. The highest BCUT2D eigenvalue weighted by Gasteiger charge is 2.65. The van der Waals surface area contributed by atoms with Crippen molar-refractivity contribution in [1.82, 2.24) is 5.32 Å². The number of carbonyl (C=O) groups excluding carboxylic acids is 1. The lowest BCUT2D eigenvalue weighted by Crippen LogP contribution is -2.36. The van der Waals surface area contributed by atoms with Crippen LogP contribution in [0.4, 0.5) is 13.2 Å². The maximum Gasteiger partial charge on any atom is 0.397 e. The molecule has 1 fully saturated rings. The van der Waals surface area contributed by atoms with Crippen LogP contribution >= 0.6 is 0 Å². The van der Waals surface area contributed by atoms with Crippen LogP contribution in [0.15, 0.2) is 30.3 Å². The summed E-state index contributed by atoms with van der Waals surface area (Å²) in [5.74, 6) is -5.23. The van der Waals surface area contributed by atoms with Gasteiger partial charge in [0.05, 0.1) is 17.8 Å². The van der Waals surface area contributed by atoms with E-state index in [-0.39, 0.29) is 5.56 Å². The minimum Gasteiger partial charge on any atom is -0.481 e. The number of hydrogen-bond donors (Lipinski definition) is 2. The first kappa shape index (κ1) is 17.3. The number of carbonyl (C=O) groups is 2. The van der Waals surface area contributed by atoms with Gasteiger partial charge in [0.15, 0.2) is 0 Å². The standard InChI is InChI=1S/C16H18F3NO3/c1-15(2)11(12(15)14(22)23)13(21)20-8-10(16(17,18)19)9-6-4-3-5-7-9/h3-7,10-12H,8H2,1-2H3,(H,20,21)(H,22,23)/t10?,11-,12+/m1/s1. The van der Waals surface area contributed by atoms with Crippen molar-refractivity contribution in [2.45, 2.75) is 25.9 Å². The van der Waals surface area contributed by atoms with E-state index < -0.39 is 47.8 Å². The third-order valence-corrected chi connectivity index (χ3v) is 4.45. The van der Waals surface area contributed by atoms with Crippen molar-refractivity contribution >= 4 is 11.9 Å². The number of nitrogens with one attached hydrogen (secondary N) is 1. The van der Waals surface area contributed by atoms with E-state index in [0.717, 1.165) is 0 Å². The largest absolute Gasteiger partial charge is 0.481 e. The van der Waals surface area contributed by atoms with E-state index in [4.69, 9.17) is 5.11 Å². The Balaban J connectivity index is 2.06. The zero-order valence-electron chi connectivity index (χ0n) is 12.7. The van der Waals surface area contributed by atoms with Gasteiger partial charge in [-0.2, -0.15) is 13.2 Å². The van der Waals surface area contributed by atoms with Crippen LogP contribution in [0.25, 0.3) is 0 Å². The molecule has 2 N–H and O–H groups in total. The van der Waals surface area contributed by atoms with Crippen LogP contribution in [0.1, 0.15) is 25.3 Å². The molecule has 4 nitrogen and oxygen atoms in total. The molecule has 1 unspecified atom stereocenters. The Hall–Kier alpha value is -2.05. The van der Waals surface area contributed by atoms with Crippen molar-refractivity contribution in [1.29, 1.82) is 0 Å². The molecular weight excluding hydrogens is 311 g/mol. The first-order valence-electron chi connectivity index (χ1n) is 7.19. The highest BCUT2D eigenvalue weighted by atomic mass is 19.4. The Bertz CT molecular complexity index is 598. The van der Waals surface area contributed by atoms with Crippen molar-refractivity contribution in [3.8, 4) is 0 Å². The second kappa shape index (κ2) is 5.86. The number of alkyl halides is 3. The number of carboxylic acid groups (broad SMARTS) is 1. The van der Waals surface area contributed by atoms with E-state index in [1.807, 2.05) is 0 Å². The number of benzene rings is 1. The third kappa shape index (κ3) is 3.48. The lowest BCUT2D eigenvalue weighted by molar-refractivity contribution is -0.151. The van der Waals surface area contributed by atoms with Crippen molar-refractivity contribution < 1.29 is 27.9 Å². The molecule has 1 amide bonds. The van der Waals surface area contributed by atoms with Gasteiger partial charge in [0, 0.05) is 6.54 Å². The molecule has 2 rings (SSSR count). The Labute approximate surface area is 131 Å². The van der Waals surface area contributed by atoms with Gasteiger partial charge in [-0.05, 0) is 11.0 Å². The average Bonchev–Trinajstić information content (AvgIpc) is 3.01. The second-order valence-corrected chi connectivity index (χ2v) is 6.36. The summed E-state index contributed by atoms with van der Waals surface area (Å²) in [4.78, 5) is 23.1. The van der Waals surface area contributed by atoms with E-state index in [1.165, 1.54) is 24.3 Å². The summed E-state index contributed by atoms with van der Waals surface area (Å²) >= 11 is 0. The fourth-order valence-corrected chi connectivity index (χ4v) is 3.01. The van der Waals surface area contributed by atoms with E-state index in [9.17, 15) is 22.8 Å². The fourth-order valence-electron chi connectivity index (χ4n) is 3.01. The van der Waals surface area contributed by atoms with Gasteiger partial charge in [-0.3, -0.25) is 9.59 Å². The number of carboxylic acids is 1. The molecule has 3 atom stereocenters. The first-order chi connectivity index (χ1) is 10.6. The molecule has 0 spiro atoms. The van der Waals surface area contributed by atoms with Crippen LogP contribution in [-0.2, 0) is 9.59 Å². The van der Waals surface area contributed by atoms with Gasteiger partial charge >= 0.3 is 12.1 Å². The SMILES string of the molecule is CC1(C)[C@H](C(=O)O)[C@@H]1C(=O)NCC(c1ccccc1)C(F)(F)F. The molecule has 0 bridgehead atoms. The minimum atomic E-state index is -4.50. The molecule has 1 aliphatic rings. The number of halogens is 3. The van der Waals surface area contributed by atoms with Gasteiger partial charge in [-0.1, -0.05) is 44.2 Å². The predicted octanol–water partition coefficient (Wildman–Crippen LogP) is 2.81. The van der Waals surface area contributed by atoms with Crippen molar-refractivity contribution in [2.75, 3.05) is 6.54 Å². The second-order valence-electron chi connectivity index (χ2n) is 6.36. The van der Waals surface area contributed by atoms with Gasteiger partial charge in [0.2, 0.25) is 5.91 Å². The van der Waals surface area contributed by atoms with E-state index in [0.29, 0.717) is 0 Å². The van der Waals surface area contributed by atoms with Gasteiger partial charge in [0.1, 0.15) is 0 Å². The number of amides is 1. The molecule has 126 valence electrons. The molecule has 7 heteroatoms. The molecule has 0 heterocycles. The molecule has 1 aromatic carbocycles. The quantitative estimate of drug-likeness (QED) is 0.873. The molecular formula is C16H18F3NO3. The normalized spacial score (nSPS) is 23.9. The minimum absolute atomic E-state index is 0.0603. The predicted molar refractivity (Wildman–Crippen MR) is 76.6 cm³/mol. The van der Waals surface area contributed by atoms with Crippen LogP contribution in [0.5, 0.6) is 0 Å². The summed E-state index contributed by atoms with van der Waals surface area (Å²) in [6, 6.07) is 7.32. The summed E-state index contributed by atoms with van der Waals surface area (Å²) in [5, 5.41) is 11.3. The summed E-state index contributed by atoms with van der Waals surface area (Å²) < 4.78 is 39.6. The maximum atomic E-state index is 13.2. The van der Waals surface area contributed by atoms with Crippen molar-refractivity contribution in [2.24, 2.45) is 17.3 Å². The summed E-state index contributed by atoms with van der Waals surface area (Å²) in [7, 11) is 0. The zero-order chi connectivity index (χ0) is 17.4. The third-order valence-electron chi connectivity index (χ3n) is 4.45. The van der Waals surface area contributed by atoms with Gasteiger partial charge < -0.3 is 10.4 Å². The Morgan fingerprint density at radius 2 is 1.78 bits per heavy atom. The molecule has 0 aromatic heterocycles. The summed E-state index contributed by atoms with van der Waals surface area (Å²) in [5.41, 5.74) is -0.679. The van der Waals surface area contributed by atoms with Crippen LogP contribution < -0.4 is 5.32 Å². The molecule has 0 saturated heterocycles. The van der Waals surface area contributed by atoms with Gasteiger partial charge in [0.25, 0.3) is 0 Å². The van der Waals surface area contributed by atoms with Gasteiger partial charge in [-0.15, -0.1) is 0 Å². The van der Waals surface area contributed by atoms with Crippen LogP contribution in [0.2, 0.25) is 0 Å². The molecule has 0 aliphatic heterocycles. The molecule has 23 heavy (non-hydrogen) atoms. The topological polar surface area (TPSA) is 66.4 Å². The first-order valence-corrected chi connectivity index (χ1v) is 7.19. The fraction of sp³-hybridized carbons (Fsp3) is 0.500. The highest BCUT2D eigenvalue weighted by Crippen LogP contribution is 2.58. The monoisotopic (exact) mass is 329 g/mol. The zero-order valence-corrected chi connectivity index (χ0v) is 12.7. The lowest BCUT2D eigenvalue weighted by Gasteiger charge is -2.21. The highest BCUT2D eigenvalue weighted by molar-refractivity contribution is 5.91. The number of hydrogen-bond acceptors (Lipinski definition) is 2. The Morgan fingerprint density at radius 1 is 1.22 bits per heavy atom. The lowest BCUT2D eigenvalue weighted by atomic mass is 9.98. The molecule has 1 aromatic rings. The molecule has 1 saturated carbocycles. The van der Waals surface area contributed by atoms with E-state index >= 15 is 0 Å². The molecule has 0 radical (unpaired) electrons. The average molecular weight is 329 g/mol. The number of rotatable bonds is 5. The smallest absolute Gasteiger partial charge is 0.397 e. The maximum absolute atomic E-state index is 13.2. The summed E-state index contributed by atoms with van der Waals surface area (Å²) in [6.45, 7) is 2.63. The van der Waals surface area contributed by atoms with Crippen LogP contribution in [0.3, 0.4) is 0 Å². The van der Waals surface area contributed by atoms with Crippen LogP contribution in [0, 0.1) is 17.3 Å². The Morgan fingerprint density at radius 3 is 2.22 bits per heavy atom. The van der Waals surface area contributed by atoms with Crippen LogP contribution in [-0.4, -0.2) is 29.7 Å². The van der Waals surface area contributed by atoms with E-state index in [1.54, 1.807) is 19.9 Å². The van der Waals surface area contributed by atoms with Crippen molar-refractivity contribution in [3.05, 3.63) is 35.9 Å². The van der Waals surface area contributed by atoms with Crippen molar-refractivity contribution in [3.63, 3.8) is 0 Å². The number of aliphatic carboxylic acids is 1.